The molecule has 0 bridgehead atoms. The highest BCUT2D eigenvalue weighted by atomic mass is 32.1. The van der Waals surface area contributed by atoms with Crippen molar-refractivity contribution in [1.82, 2.24) is 25.2 Å². The van der Waals surface area contributed by atoms with Crippen molar-refractivity contribution >= 4 is 17.2 Å². The van der Waals surface area contributed by atoms with E-state index in [4.69, 9.17) is 0 Å². The van der Waals surface area contributed by atoms with Crippen LogP contribution in [0.5, 0.6) is 0 Å². The maximum absolute atomic E-state index is 12.0. The Morgan fingerprint density at radius 3 is 3.00 bits per heavy atom. The highest BCUT2D eigenvalue weighted by Gasteiger charge is 2.12. The molecule has 0 aliphatic rings. The molecule has 1 N–H and O–H groups in total. The Kier molecular flexibility index (Phi) is 5.14. The molecular formula is C13H17N5OS. The van der Waals surface area contributed by atoms with Gasteiger partial charge in [-0.25, -0.2) is 4.98 Å². The van der Waals surface area contributed by atoms with Gasteiger partial charge in [0.05, 0.1) is 18.3 Å². The highest BCUT2D eigenvalue weighted by Crippen LogP contribution is 2.21. The predicted molar refractivity (Wildman–Crippen MR) is 78.4 cm³/mol. The molecule has 6 nitrogen and oxygen atoms in total. The Labute approximate surface area is 121 Å². The maximum Gasteiger partial charge on any atom is 0.228 e. The first kappa shape index (κ1) is 14.5. The van der Waals surface area contributed by atoms with Crippen LogP contribution in [0, 0.1) is 0 Å². The molecule has 0 saturated heterocycles. The van der Waals surface area contributed by atoms with Gasteiger partial charge in [-0.1, -0.05) is 0 Å². The summed E-state index contributed by atoms with van der Waals surface area (Å²) in [6.45, 7) is 1.47. The number of likely N-dealkylation sites (N-methyl/N-ethyl adjacent to an activating group) is 2. The Morgan fingerprint density at radius 1 is 1.45 bits per heavy atom. The molecule has 106 valence electrons. The Balaban J connectivity index is 1.98. The van der Waals surface area contributed by atoms with Crippen LogP contribution < -0.4 is 5.32 Å². The third kappa shape index (κ3) is 3.82. The van der Waals surface area contributed by atoms with Gasteiger partial charge in [0.15, 0.2) is 0 Å². The Hall–Kier alpha value is -1.86. The van der Waals surface area contributed by atoms with Crippen LogP contribution in [0.4, 0.5) is 0 Å². The number of aromatic nitrogens is 3. The molecule has 0 aliphatic heterocycles. The molecule has 0 spiro atoms. The third-order valence-corrected chi connectivity index (χ3v) is 3.70. The average Bonchev–Trinajstić information content (AvgIpc) is 2.94. The molecule has 0 aliphatic carbocycles. The SMILES string of the molecule is CNCCN(C)C(=O)Cc1csc(-c2cnccn2)n1. The van der Waals surface area contributed by atoms with Crippen molar-refractivity contribution in [2.75, 3.05) is 27.2 Å². The van der Waals surface area contributed by atoms with Crippen molar-refractivity contribution in [1.29, 1.82) is 0 Å². The molecule has 0 saturated carbocycles. The van der Waals surface area contributed by atoms with Crippen molar-refractivity contribution in [3.63, 3.8) is 0 Å². The lowest BCUT2D eigenvalue weighted by atomic mass is 10.3. The number of thiazole rings is 1. The number of rotatable bonds is 6. The van der Waals surface area contributed by atoms with E-state index in [0.29, 0.717) is 13.0 Å². The monoisotopic (exact) mass is 291 g/mol. The third-order valence-electron chi connectivity index (χ3n) is 2.79. The molecule has 7 heteroatoms. The highest BCUT2D eigenvalue weighted by molar-refractivity contribution is 7.13. The summed E-state index contributed by atoms with van der Waals surface area (Å²) in [5.41, 5.74) is 1.51. The fraction of sp³-hybridized carbons (Fsp3) is 0.385. The molecule has 2 rings (SSSR count). The van der Waals surface area contributed by atoms with E-state index in [1.165, 1.54) is 11.3 Å². The number of amides is 1. The summed E-state index contributed by atoms with van der Waals surface area (Å²) in [7, 11) is 3.67. The quantitative estimate of drug-likeness (QED) is 0.853. The average molecular weight is 291 g/mol. The summed E-state index contributed by atoms with van der Waals surface area (Å²) >= 11 is 1.48. The van der Waals surface area contributed by atoms with E-state index in [0.717, 1.165) is 22.9 Å². The van der Waals surface area contributed by atoms with Crippen LogP contribution >= 0.6 is 11.3 Å². The first-order valence-corrected chi connectivity index (χ1v) is 7.18. The minimum absolute atomic E-state index is 0.0660. The molecule has 2 aromatic rings. The van der Waals surface area contributed by atoms with Crippen LogP contribution in [-0.2, 0) is 11.2 Å². The smallest absolute Gasteiger partial charge is 0.228 e. The Bertz CT molecular complexity index is 557. The van der Waals surface area contributed by atoms with Crippen LogP contribution in [0.25, 0.3) is 10.7 Å². The first-order chi connectivity index (χ1) is 9.70. The van der Waals surface area contributed by atoms with Crippen LogP contribution in [0.1, 0.15) is 5.69 Å². The van der Waals surface area contributed by atoms with Crippen LogP contribution in [-0.4, -0.2) is 52.9 Å². The summed E-state index contributed by atoms with van der Waals surface area (Å²) in [5, 5.41) is 5.71. The summed E-state index contributed by atoms with van der Waals surface area (Å²) in [6.07, 6.45) is 5.24. The van der Waals surface area contributed by atoms with E-state index in [-0.39, 0.29) is 5.91 Å². The lowest BCUT2D eigenvalue weighted by Crippen LogP contribution is -2.33. The van der Waals surface area contributed by atoms with Gasteiger partial charge >= 0.3 is 0 Å². The van der Waals surface area contributed by atoms with Gasteiger partial charge in [0.2, 0.25) is 5.91 Å². The second-order valence-electron chi connectivity index (χ2n) is 4.33. The first-order valence-electron chi connectivity index (χ1n) is 6.30. The molecule has 0 atom stereocenters. The van der Waals surface area contributed by atoms with E-state index in [1.807, 2.05) is 12.4 Å². The topological polar surface area (TPSA) is 71.0 Å². The normalized spacial score (nSPS) is 10.5. The number of nitrogens with zero attached hydrogens (tertiary/aromatic N) is 4. The van der Waals surface area contributed by atoms with Crippen LogP contribution in [0.15, 0.2) is 24.0 Å². The largest absolute Gasteiger partial charge is 0.344 e. The number of nitrogens with one attached hydrogen (secondary N) is 1. The zero-order chi connectivity index (χ0) is 14.4. The molecule has 0 aromatic carbocycles. The van der Waals surface area contributed by atoms with E-state index in [2.05, 4.69) is 20.3 Å². The van der Waals surface area contributed by atoms with Crippen LogP contribution in [0.2, 0.25) is 0 Å². The van der Waals surface area contributed by atoms with Gasteiger partial charge in [0.25, 0.3) is 0 Å². The second-order valence-corrected chi connectivity index (χ2v) is 5.19. The predicted octanol–water partition coefficient (Wildman–Crippen LogP) is 0.820. The van der Waals surface area contributed by atoms with Gasteiger partial charge in [-0.05, 0) is 7.05 Å². The number of carbonyl (C=O) groups is 1. The van der Waals surface area contributed by atoms with Gasteiger partial charge in [-0.3, -0.25) is 14.8 Å². The van der Waals surface area contributed by atoms with Crippen LogP contribution in [0.3, 0.4) is 0 Å². The van der Waals surface area contributed by atoms with Crippen molar-refractivity contribution < 1.29 is 4.79 Å². The summed E-state index contributed by atoms with van der Waals surface area (Å²) in [4.78, 5) is 26.4. The lowest BCUT2D eigenvalue weighted by molar-refractivity contribution is -0.129. The van der Waals surface area contributed by atoms with Gasteiger partial charge in [0, 0.05) is 37.9 Å². The fourth-order valence-electron chi connectivity index (χ4n) is 1.61. The van der Waals surface area contributed by atoms with Gasteiger partial charge < -0.3 is 10.2 Å². The summed E-state index contributed by atoms with van der Waals surface area (Å²) < 4.78 is 0. The number of hydrogen-bond donors (Lipinski definition) is 1. The number of carbonyl (C=O) groups excluding carboxylic acids is 1. The zero-order valence-corrected chi connectivity index (χ0v) is 12.4. The lowest BCUT2D eigenvalue weighted by Gasteiger charge is -2.15. The van der Waals surface area contributed by atoms with E-state index in [1.54, 1.807) is 30.5 Å². The second kappa shape index (κ2) is 7.06. The summed E-state index contributed by atoms with van der Waals surface area (Å²) in [6, 6.07) is 0. The minimum atomic E-state index is 0.0660. The van der Waals surface area contributed by atoms with Crippen molar-refractivity contribution in [2.24, 2.45) is 0 Å². The minimum Gasteiger partial charge on any atom is -0.344 e. The molecule has 1 amide bonds. The van der Waals surface area contributed by atoms with Gasteiger partial charge in [-0.15, -0.1) is 11.3 Å². The van der Waals surface area contributed by atoms with Gasteiger partial charge in [0.1, 0.15) is 10.7 Å². The van der Waals surface area contributed by atoms with E-state index >= 15 is 0 Å². The van der Waals surface area contributed by atoms with E-state index in [9.17, 15) is 4.79 Å². The molecule has 2 aromatic heterocycles. The summed E-state index contributed by atoms with van der Waals surface area (Å²) in [5.74, 6) is 0.0660. The van der Waals surface area contributed by atoms with Crippen molar-refractivity contribution in [2.45, 2.75) is 6.42 Å². The van der Waals surface area contributed by atoms with Gasteiger partial charge in [-0.2, -0.15) is 0 Å². The van der Waals surface area contributed by atoms with Crippen molar-refractivity contribution in [3.05, 3.63) is 29.7 Å². The molecule has 2 heterocycles. The molecule has 20 heavy (non-hydrogen) atoms. The zero-order valence-electron chi connectivity index (χ0n) is 11.5. The number of hydrogen-bond acceptors (Lipinski definition) is 6. The molecular weight excluding hydrogens is 274 g/mol. The van der Waals surface area contributed by atoms with E-state index < -0.39 is 0 Å². The van der Waals surface area contributed by atoms with Crippen molar-refractivity contribution in [3.8, 4) is 10.7 Å². The standard InChI is InChI=1S/C13H17N5OS/c1-14-5-6-18(2)12(19)7-10-9-20-13(17-10)11-8-15-3-4-16-11/h3-4,8-9,14H,5-7H2,1-2H3. The maximum atomic E-state index is 12.0. The Morgan fingerprint density at radius 2 is 2.30 bits per heavy atom. The molecule has 0 fully saturated rings. The fourth-order valence-corrected chi connectivity index (χ4v) is 2.39. The molecule has 0 unspecified atom stereocenters. The molecule has 0 radical (unpaired) electrons.